The molecule has 0 aromatic heterocycles. The minimum atomic E-state index is -3.60. The van der Waals surface area contributed by atoms with Gasteiger partial charge in [-0.15, -0.1) is 0 Å². The molecular formula is C25H26N2O3S. The maximum absolute atomic E-state index is 12.3. The fourth-order valence-electron chi connectivity index (χ4n) is 3.19. The van der Waals surface area contributed by atoms with Gasteiger partial charge in [-0.3, -0.25) is 4.79 Å². The van der Waals surface area contributed by atoms with Crippen molar-refractivity contribution in [2.75, 3.05) is 13.1 Å². The average molecular weight is 435 g/mol. The van der Waals surface area contributed by atoms with Crippen LogP contribution in [0, 0.1) is 0 Å². The molecule has 5 nitrogen and oxygen atoms in total. The van der Waals surface area contributed by atoms with Crippen molar-refractivity contribution in [2.24, 2.45) is 0 Å². The fraction of sp³-hybridized carbons (Fsp3) is 0.160. The molecule has 3 aromatic rings. The second-order valence-electron chi connectivity index (χ2n) is 7.08. The van der Waals surface area contributed by atoms with Crippen LogP contribution in [0.25, 0.3) is 6.08 Å². The molecule has 3 rings (SSSR count). The number of amides is 1. The minimum absolute atomic E-state index is 0.0249. The first-order valence-corrected chi connectivity index (χ1v) is 11.7. The number of nitrogens with one attached hydrogen (secondary N) is 2. The Kier molecular flexibility index (Phi) is 8.15. The van der Waals surface area contributed by atoms with Crippen LogP contribution in [0.3, 0.4) is 0 Å². The first kappa shape index (κ1) is 22.5. The Morgan fingerprint density at radius 2 is 1.32 bits per heavy atom. The molecule has 6 heteroatoms. The van der Waals surface area contributed by atoms with Crippen molar-refractivity contribution in [3.8, 4) is 0 Å². The first-order valence-electron chi connectivity index (χ1n) is 10.1. The SMILES string of the molecule is O=C(CCNS(=O)(=O)/C=C/c1ccccc1)NCC(c1ccccc1)c1ccccc1. The van der Waals surface area contributed by atoms with E-state index in [1.165, 1.54) is 6.08 Å². The summed E-state index contributed by atoms with van der Waals surface area (Å²) in [6.07, 6.45) is 1.58. The molecule has 0 saturated carbocycles. The van der Waals surface area contributed by atoms with E-state index >= 15 is 0 Å². The van der Waals surface area contributed by atoms with E-state index in [1.807, 2.05) is 91.0 Å². The molecule has 0 fully saturated rings. The summed E-state index contributed by atoms with van der Waals surface area (Å²) < 4.78 is 26.6. The third kappa shape index (κ3) is 7.51. The maximum Gasteiger partial charge on any atom is 0.233 e. The lowest BCUT2D eigenvalue weighted by Gasteiger charge is -2.19. The Bertz CT molecular complexity index is 1040. The Morgan fingerprint density at radius 1 is 0.806 bits per heavy atom. The Morgan fingerprint density at radius 3 is 1.87 bits per heavy atom. The molecule has 0 aliphatic carbocycles. The van der Waals surface area contributed by atoms with Crippen molar-refractivity contribution in [3.05, 3.63) is 113 Å². The number of hydrogen-bond donors (Lipinski definition) is 2. The Hall–Kier alpha value is -3.22. The third-order valence-electron chi connectivity index (χ3n) is 4.80. The summed E-state index contributed by atoms with van der Waals surface area (Å²) in [7, 11) is -3.60. The number of carbonyl (C=O) groups is 1. The molecule has 0 saturated heterocycles. The van der Waals surface area contributed by atoms with Crippen molar-refractivity contribution in [1.82, 2.24) is 10.0 Å². The van der Waals surface area contributed by atoms with E-state index in [4.69, 9.17) is 0 Å². The molecule has 0 heterocycles. The smallest absolute Gasteiger partial charge is 0.233 e. The van der Waals surface area contributed by atoms with Crippen LogP contribution in [0.2, 0.25) is 0 Å². The molecular weight excluding hydrogens is 408 g/mol. The van der Waals surface area contributed by atoms with Crippen LogP contribution in [0.15, 0.2) is 96.4 Å². The standard InChI is InChI=1S/C25H26N2O3S/c28-25(16-18-27-31(29,30)19-17-21-10-4-1-5-11-21)26-20-24(22-12-6-2-7-13-22)23-14-8-3-9-15-23/h1-15,17,19,24,27H,16,18,20H2,(H,26,28)/b19-17+. The average Bonchev–Trinajstić information content (AvgIpc) is 2.80. The summed E-state index contributed by atoms with van der Waals surface area (Å²) in [6.45, 7) is 0.474. The van der Waals surface area contributed by atoms with Crippen LogP contribution in [0.1, 0.15) is 29.0 Å². The molecule has 160 valence electrons. The zero-order valence-electron chi connectivity index (χ0n) is 17.1. The number of benzene rings is 3. The van der Waals surface area contributed by atoms with Crippen molar-refractivity contribution in [3.63, 3.8) is 0 Å². The fourth-order valence-corrected chi connectivity index (χ4v) is 4.01. The first-order chi connectivity index (χ1) is 15.0. The zero-order chi connectivity index (χ0) is 21.9. The summed E-state index contributed by atoms with van der Waals surface area (Å²) >= 11 is 0. The van der Waals surface area contributed by atoms with Gasteiger partial charge < -0.3 is 5.32 Å². The van der Waals surface area contributed by atoms with Crippen LogP contribution in [-0.2, 0) is 14.8 Å². The molecule has 0 spiro atoms. The summed E-state index contributed by atoms with van der Waals surface area (Å²) in [5.41, 5.74) is 3.01. The van der Waals surface area contributed by atoms with Crippen LogP contribution in [-0.4, -0.2) is 27.4 Å². The summed E-state index contributed by atoms with van der Waals surface area (Å²) in [5, 5.41) is 4.04. The molecule has 2 N–H and O–H groups in total. The number of rotatable bonds is 10. The predicted octanol–water partition coefficient (Wildman–Crippen LogP) is 3.92. The van der Waals surface area contributed by atoms with Gasteiger partial charge in [-0.25, -0.2) is 13.1 Å². The van der Waals surface area contributed by atoms with E-state index in [1.54, 1.807) is 0 Å². The predicted molar refractivity (Wildman–Crippen MR) is 125 cm³/mol. The topological polar surface area (TPSA) is 75.3 Å². The van der Waals surface area contributed by atoms with Crippen molar-refractivity contribution < 1.29 is 13.2 Å². The zero-order valence-corrected chi connectivity index (χ0v) is 18.0. The van der Waals surface area contributed by atoms with E-state index in [2.05, 4.69) is 10.0 Å². The highest BCUT2D eigenvalue weighted by molar-refractivity contribution is 7.92. The lowest BCUT2D eigenvalue weighted by Crippen LogP contribution is -2.32. The van der Waals surface area contributed by atoms with Gasteiger partial charge in [0, 0.05) is 30.8 Å². The van der Waals surface area contributed by atoms with E-state index in [-0.39, 0.29) is 24.8 Å². The molecule has 0 aliphatic heterocycles. The van der Waals surface area contributed by atoms with Crippen molar-refractivity contribution >= 4 is 22.0 Å². The van der Waals surface area contributed by atoms with E-state index in [0.29, 0.717) is 6.54 Å². The molecule has 0 radical (unpaired) electrons. The maximum atomic E-state index is 12.3. The van der Waals surface area contributed by atoms with Gasteiger partial charge in [0.1, 0.15) is 0 Å². The molecule has 0 aliphatic rings. The van der Waals surface area contributed by atoms with Gasteiger partial charge in [0.2, 0.25) is 15.9 Å². The van der Waals surface area contributed by atoms with Crippen LogP contribution in [0.4, 0.5) is 0 Å². The van der Waals surface area contributed by atoms with Crippen LogP contribution < -0.4 is 10.0 Å². The lowest BCUT2D eigenvalue weighted by atomic mass is 9.91. The Labute approximate surface area is 183 Å². The molecule has 0 atom stereocenters. The van der Waals surface area contributed by atoms with Gasteiger partial charge in [-0.1, -0.05) is 91.0 Å². The minimum Gasteiger partial charge on any atom is -0.355 e. The number of carbonyl (C=O) groups excluding carboxylic acids is 1. The molecule has 31 heavy (non-hydrogen) atoms. The van der Waals surface area contributed by atoms with Gasteiger partial charge in [-0.2, -0.15) is 0 Å². The van der Waals surface area contributed by atoms with Crippen molar-refractivity contribution in [2.45, 2.75) is 12.3 Å². The highest BCUT2D eigenvalue weighted by Crippen LogP contribution is 2.23. The largest absolute Gasteiger partial charge is 0.355 e. The van der Waals surface area contributed by atoms with Gasteiger partial charge in [-0.05, 0) is 22.8 Å². The van der Waals surface area contributed by atoms with Gasteiger partial charge in [0.05, 0.1) is 0 Å². The molecule has 0 unspecified atom stereocenters. The van der Waals surface area contributed by atoms with Crippen LogP contribution in [0.5, 0.6) is 0 Å². The van der Waals surface area contributed by atoms with Gasteiger partial charge in [0.25, 0.3) is 0 Å². The van der Waals surface area contributed by atoms with E-state index < -0.39 is 10.0 Å². The molecule has 3 aromatic carbocycles. The van der Waals surface area contributed by atoms with Crippen LogP contribution >= 0.6 is 0 Å². The normalized spacial score (nSPS) is 11.6. The highest BCUT2D eigenvalue weighted by Gasteiger charge is 2.15. The highest BCUT2D eigenvalue weighted by atomic mass is 32.2. The second kappa shape index (κ2) is 11.2. The van der Waals surface area contributed by atoms with E-state index in [0.717, 1.165) is 22.1 Å². The summed E-state index contributed by atoms with van der Waals surface area (Å²) in [5.74, 6) is -0.177. The van der Waals surface area contributed by atoms with E-state index in [9.17, 15) is 13.2 Å². The number of sulfonamides is 1. The van der Waals surface area contributed by atoms with Crippen molar-refractivity contribution in [1.29, 1.82) is 0 Å². The Balaban J connectivity index is 1.51. The van der Waals surface area contributed by atoms with Gasteiger partial charge in [0.15, 0.2) is 0 Å². The van der Waals surface area contributed by atoms with Gasteiger partial charge >= 0.3 is 0 Å². The number of hydrogen-bond acceptors (Lipinski definition) is 3. The summed E-state index contributed by atoms with van der Waals surface area (Å²) in [6, 6.07) is 29.1. The molecule has 0 bridgehead atoms. The third-order valence-corrected chi connectivity index (χ3v) is 5.90. The quantitative estimate of drug-likeness (QED) is 0.508. The molecule has 1 amide bonds. The lowest BCUT2D eigenvalue weighted by molar-refractivity contribution is -0.120. The monoisotopic (exact) mass is 434 g/mol. The second-order valence-corrected chi connectivity index (χ2v) is 8.73. The summed E-state index contributed by atoms with van der Waals surface area (Å²) in [4.78, 5) is 12.3.